The second-order valence-corrected chi connectivity index (χ2v) is 5.23. The summed E-state index contributed by atoms with van der Waals surface area (Å²) in [6, 6.07) is 13.5. The van der Waals surface area contributed by atoms with Crippen molar-refractivity contribution in [3.8, 4) is 0 Å². The number of hydrogen-bond acceptors (Lipinski definition) is 4. The second kappa shape index (κ2) is 7.07. The number of esters is 1. The van der Waals surface area contributed by atoms with Gasteiger partial charge in [0.05, 0.1) is 12.5 Å². The summed E-state index contributed by atoms with van der Waals surface area (Å²) in [7, 11) is 0. The number of thiophene rings is 1. The van der Waals surface area contributed by atoms with Crippen LogP contribution in [0, 0.1) is 0 Å². The Balaban J connectivity index is 1.87. The maximum atomic E-state index is 12.0. The Morgan fingerprint density at radius 1 is 1.21 bits per heavy atom. The van der Waals surface area contributed by atoms with Crippen LogP contribution in [-0.4, -0.2) is 19.1 Å². The van der Waals surface area contributed by atoms with Gasteiger partial charge in [-0.1, -0.05) is 36.4 Å². The summed E-state index contributed by atoms with van der Waals surface area (Å²) in [6.45, 7) is 0.671. The Morgan fingerprint density at radius 2 is 2.00 bits per heavy atom. The van der Waals surface area contributed by atoms with E-state index in [-0.39, 0.29) is 18.4 Å². The first-order chi connectivity index (χ1) is 9.31. The quantitative estimate of drug-likeness (QED) is 0.824. The topological polar surface area (TPSA) is 52.3 Å². The van der Waals surface area contributed by atoms with Crippen molar-refractivity contribution in [3.05, 3.63) is 58.3 Å². The van der Waals surface area contributed by atoms with Crippen molar-refractivity contribution < 1.29 is 9.53 Å². The molecule has 0 aliphatic heterocycles. The van der Waals surface area contributed by atoms with E-state index in [0.717, 1.165) is 12.0 Å². The number of ether oxygens (including phenoxy) is 1. The summed E-state index contributed by atoms with van der Waals surface area (Å²) < 4.78 is 5.31. The molecule has 2 aromatic rings. The Bertz CT molecular complexity index is 496. The molecule has 100 valence electrons. The van der Waals surface area contributed by atoms with Gasteiger partial charge in [0.25, 0.3) is 0 Å². The van der Waals surface area contributed by atoms with Crippen LogP contribution in [0.25, 0.3) is 0 Å². The number of benzene rings is 1. The molecule has 2 N–H and O–H groups in total. The summed E-state index contributed by atoms with van der Waals surface area (Å²) >= 11 is 1.67. The van der Waals surface area contributed by atoms with Crippen molar-refractivity contribution in [2.75, 3.05) is 13.2 Å². The standard InChI is InChI=1S/C15H17NO2S/c16-11-14(12-5-2-1-3-6-12)15(17)18-9-8-13-7-4-10-19-13/h1-7,10,14H,8-9,11,16H2. The van der Waals surface area contributed by atoms with E-state index in [1.807, 2.05) is 47.8 Å². The van der Waals surface area contributed by atoms with Crippen LogP contribution in [0.15, 0.2) is 47.8 Å². The molecular weight excluding hydrogens is 258 g/mol. The molecule has 1 aromatic heterocycles. The summed E-state index contributed by atoms with van der Waals surface area (Å²) in [5.74, 6) is -0.616. The molecule has 1 heterocycles. The fourth-order valence-electron chi connectivity index (χ4n) is 1.86. The highest BCUT2D eigenvalue weighted by Gasteiger charge is 2.20. The van der Waals surface area contributed by atoms with Gasteiger partial charge >= 0.3 is 5.97 Å². The molecule has 0 radical (unpaired) electrons. The van der Waals surface area contributed by atoms with Crippen LogP contribution in [0.5, 0.6) is 0 Å². The highest BCUT2D eigenvalue weighted by atomic mass is 32.1. The second-order valence-electron chi connectivity index (χ2n) is 4.20. The lowest BCUT2D eigenvalue weighted by atomic mass is 10.00. The summed E-state index contributed by atoms with van der Waals surface area (Å²) in [6.07, 6.45) is 0.759. The third-order valence-corrected chi connectivity index (χ3v) is 3.83. The number of carbonyl (C=O) groups excluding carboxylic acids is 1. The molecule has 0 fully saturated rings. The van der Waals surface area contributed by atoms with Crippen LogP contribution in [0.1, 0.15) is 16.4 Å². The number of rotatable bonds is 6. The first-order valence-electron chi connectivity index (χ1n) is 6.25. The monoisotopic (exact) mass is 275 g/mol. The van der Waals surface area contributed by atoms with E-state index in [2.05, 4.69) is 0 Å². The maximum Gasteiger partial charge on any atom is 0.314 e. The molecule has 1 atom stereocenters. The van der Waals surface area contributed by atoms with Crippen LogP contribution in [0.3, 0.4) is 0 Å². The summed E-state index contributed by atoms with van der Waals surface area (Å²) in [4.78, 5) is 13.2. The zero-order valence-electron chi connectivity index (χ0n) is 10.6. The van der Waals surface area contributed by atoms with E-state index in [0.29, 0.717) is 6.61 Å². The SMILES string of the molecule is NCC(C(=O)OCCc1cccs1)c1ccccc1. The van der Waals surface area contributed by atoms with Crippen molar-refractivity contribution in [1.29, 1.82) is 0 Å². The lowest BCUT2D eigenvalue weighted by Gasteiger charge is -2.14. The van der Waals surface area contributed by atoms with Gasteiger partial charge in [0.2, 0.25) is 0 Å². The van der Waals surface area contributed by atoms with Crippen molar-refractivity contribution in [2.24, 2.45) is 5.73 Å². The van der Waals surface area contributed by atoms with E-state index in [9.17, 15) is 4.79 Å². The van der Waals surface area contributed by atoms with Gasteiger partial charge in [0, 0.05) is 17.8 Å². The van der Waals surface area contributed by atoms with Crippen LogP contribution < -0.4 is 5.73 Å². The average molecular weight is 275 g/mol. The third-order valence-electron chi connectivity index (χ3n) is 2.90. The first kappa shape index (κ1) is 13.8. The van der Waals surface area contributed by atoms with Crippen LogP contribution in [0.2, 0.25) is 0 Å². The van der Waals surface area contributed by atoms with E-state index in [1.165, 1.54) is 4.88 Å². The van der Waals surface area contributed by atoms with Gasteiger partial charge < -0.3 is 10.5 Å². The normalized spacial score (nSPS) is 12.1. The largest absolute Gasteiger partial charge is 0.465 e. The summed E-state index contributed by atoms with van der Waals surface area (Å²) in [5, 5.41) is 2.02. The minimum absolute atomic E-state index is 0.245. The van der Waals surface area contributed by atoms with E-state index < -0.39 is 0 Å². The molecule has 0 aliphatic rings. The molecule has 0 bridgehead atoms. The molecule has 0 saturated carbocycles. The Hall–Kier alpha value is -1.65. The van der Waals surface area contributed by atoms with Gasteiger partial charge in [0.1, 0.15) is 0 Å². The lowest BCUT2D eigenvalue weighted by Crippen LogP contribution is -2.24. The van der Waals surface area contributed by atoms with Gasteiger partial charge in [-0.3, -0.25) is 4.79 Å². The minimum atomic E-state index is -0.371. The highest BCUT2D eigenvalue weighted by molar-refractivity contribution is 7.09. The number of hydrogen-bond donors (Lipinski definition) is 1. The van der Waals surface area contributed by atoms with Crippen molar-refractivity contribution >= 4 is 17.3 Å². The van der Waals surface area contributed by atoms with Crippen LogP contribution in [0.4, 0.5) is 0 Å². The van der Waals surface area contributed by atoms with Crippen molar-refractivity contribution in [1.82, 2.24) is 0 Å². The molecule has 0 saturated heterocycles. The van der Waals surface area contributed by atoms with Gasteiger partial charge in [0.15, 0.2) is 0 Å². The zero-order valence-corrected chi connectivity index (χ0v) is 11.4. The van der Waals surface area contributed by atoms with Gasteiger partial charge in [-0.05, 0) is 17.0 Å². The Kier molecular flexibility index (Phi) is 5.12. The molecule has 0 amide bonds. The number of nitrogens with two attached hydrogens (primary N) is 1. The molecule has 19 heavy (non-hydrogen) atoms. The van der Waals surface area contributed by atoms with E-state index in [1.54, 1.807) is 11.3 Å². The lowest BCUT2D eigenvalue weighted by molar-refractivity contribution is -0.145. The van der Waals surface area contributed by atoms with Crippen molar-refractivity contribution in [2.45, 2.75) is 12.3 Å². The minimum Gasteiger partial charge on any atom is -0.465 e. The van der Waals surface area contributed by atoms with Gasteiger partial charge in [-0.15, -0.1) is 11.3 Å². The smallest absolute Gasteiger partial charge is 0.314 e. The third kappa shape index (κ3) is 3.91. The Labute approximate surface area is 117 Å². The van der Waals surface area contributed by atoms with Gasteiger partial charge in [-0.2, -0.15) is 0 Å². The Morgan fingerprint density at radius 3 is 2.63 bits per heavy atom. The summed E-state index contributed by atoms with van der Waals surface area (Å²) in [5.41, 5.74) is 6.58. The van der Waals surface area contributed by atoms with E-state index in [4.69, 9.17) is 10.5 Å². The highest BCUT2D eigenvalue weighted by Crippen LogP contribution is 2.16. The van der Waals surface area contributed by atoms with Crippen LogP contribution >= 0.6 is 11.3 Å². The molecule has 1 aromatic carbocycles. The molecule has 3 nitrogen and oxygen atoms in total. The first-order valence-corrected chi connectivity index (χ1v) is 7.13. The molecule has 2 rings (SSSR count). The zero-order chi connectivity index (χ0) is 13.5. The van der Waals surface area contributed by atoms with Gasteiger partial charge in [-0.25, -0.2) is 0 Å². The maximum absolute atomic E-state index is 12.0. The van der Waals surface area contributed by atoms with Crippen LogP contribution in [-0.2, 0) is 16.0 Å². The predicted molar refractivity (Wildman–Crippen MR) is 77.2 cm³/mol. The molecule has 0 aliphatic carbocycles. The number of carbonyl (C=O) groups is 1. The fraction of sp³-hybridized carbons (Fsp3) is 0.267. The molecule has 0 spiro atoms. The molecule has 1 unspecified atom stereocenters. The molecule has 4 heteroatoms. The van der Waals surface area contributed by atoms with E-state index >= 15 is 0 Å². The average Bonchev–Trinajstić information content (AvgIpc) is 2.94. The van der Waals surface area contributed by atoms with Crippen molar-refractivity contribution in [3.63, 3.8) is 0 Å². The fourth-order valence-corrected chi connectivity index (χ4v) is 2.55. The molecular formula is C15H17NO2S. The predicted octanol–water partition coefficient (Wildman–Crippen LogP) is 2.58.